The van der Waals surface area contributed by atoms with Crippen LogP contribution in [0.1, 0.15) is 17.0 Å². The average Bonchev–Trinajstić information content (AvgIpc) is 3.17. The Labute approximate surface area is 155 Å². The summed E-state index contributed by atoms with van der Waals surface area (Å²) >= 11 is 1.60. The Morgan fingerprint density at radius 2 is 2.08 bits per heavy atom. The maximum absolute atomic E-state index is 12.6. The van der Waals surface area contributed by atoms with Crippen LogP contribution in [0.3, 0.4) is 0 Å². The second kappa shape index (κ2) is 6.88. The number of carbonyl (C=O) groups excluding carboxylic acids is 2. The summed E-state index contributed by atoms with van der Waals surface area (Å²) in [6, 6.07) is 15.6. The maximum Gasteiger partial charge on any atom is 0.229 e. The van der Waals surface area contributed by atoms with Crippen LogP contribution in [0, 0.1) is 12.8 Å². The Bertz CT molecular complexity index is 968. The van der Waals surface area contributed by atoms with Gasteiger partial charge < -0.3 is 10.2 Å². The Hall–Kier alpha value is -2.73. The molecule has 2 heterocycles. The molecule has 1 saturated heterocycles. The zero-order chi connectivity index (χ0) is 18.1. The van der Waals surface area contributed by atoms with Gasteiger partial charge in [0.25, 0.3) is 0 Å². The molecule has 2 amide bonds. The Morgan fingerprint density at radius 1 is 1.27 bits per heavy atom. The minimum atomic E-state index is -0.315. The van der Waals surface area contributed by atoms with Crippen LogP contribution in [0.4, 0.5) is 5.69 Å². The van der Waals surface area contributed by atoms with Crippen LogP contribution in [0.15, 0.2) is 48.5 Å². The quantitative estimate of drug-likeness (QED) is 0.768. The summed E-state index contributed by atoms with van der Waals surface area (Å²) in [7, 11) is 0. The van der Waals surface area contributed by atoms with Crippen molar-refractivity contribution in [1.29, 1.82) is 0 Å². The van der Waals surface area contributed by atoms with Crippen LogP contribution >= 0.6 is 11.3 Å². The summed E-state index contributed by atoms with van der Waals surface area (Å²) in [5, 5.41) is 3.95. The predicted molar refractivity (Wildman–Crippen MR) is 103 cm³/mol. The van der Waals surface area contributed by atoms with Gasteiger partial charge in [-0.3, -0.25) is 9.59 Å². The number of benzene rings is 2. The third-order valence-corrected chi connectivity index (χ3v) is 5.50. The fourth-order valence-electron chi connectivity index (χ4n) is 3.27. The van der Waals surface area contributed by atoms with Crippen molar-refractivity contribution >= 4 is 39.1 Å². The lowest BCUT2D eigenvalue weighted by Crippen LogP contribution is -2.28. The van der Waals surface area contributed by atoms with Crippen molar-refractivity contribution in [3.8, 4) is 0 Å². The molecular weight excluding hydrogens is 346 g/mol. The highest BCUT2D eigenvalue weighted by Crippen LogP contribution is 2.26. The van der Waals surface area contributed by atoms with E-state index in [-0.39, 0.29) is 24.2 Å². The van der Waals surface area contributed by atoms with Crippen molar-refractivity contribution in [1.82, 2.24) is 9.88 Å². The summed E-state index contributed by atoms with van der Waals surface area (Å²) in [6.07, 6.45) is 0.264. The lowest BCUT2D eigenvalue weighted by Gasteiger charge is -2.16. The number of aromatic nitrogens is 1. The smallest absolute Gasteiger partial charge is 0.229 e. The van der Waals surface area contributed by atoms with E-state index in [2.05, 4.69) is 10.3 Å². The topological polar surface area (TPSA) is 62.3 Å². The highest BCUT2D eigenvalue weighted by atomic mass is 32.1. The van der Waals surface area contributed by atoms with Crippen molar-refractivity contribution < 1.29 is 9.59 Å². The molecule has 1 N–H and O–H groups in total. The van der Waals surface area contributed by atoms with E-state index >= 15 is 0 Å². The van der Waals surface area contributed by atoms with Gasteiger partial charge in [0.05, 0.1) is 21.1 Å². The van der Waals surface area contributed by atoms with Gasteiger partial charge in [-0.25, -0.2) is 4.98 Å². The summed E-state index contributed by atoms with van der Waals surface area (Å²) in [6.45, 7) is 2.98. The van der Waals surface area contributed by atoms with E-state index < -0.39 is 0 Å². The van der Waals surface area contributed by atoms with Crippen LogP contribution in [0.25, 0.3) is 10.2 Å². The molecule has 26 heavy (non-hydrogen) atoms. The molecule has 1 atom stereocenters. The molecule has 5 nitrogen and oxygen atoms in total. The van der Waals surface area contributed by atoms with Gasteiger partial charge >= 0.3 is 0 Å². The number of rotatable bonds is 4. The van der Waals surface area contributed by atoms with E-state index in [1.54, 1.807) is 16.2 Å². The molecule has 1 fully saturated rings. The van der Waals surface area contributed by atoms with Gasteiger partial charge in [0.15, 0.2) is 0 Å². The molecule has 1 aliphatic heterocycles. The van der Waals surface area contributed by atoms with Gasteiger partial charge in [0, 0.05) is 25.2 Å². The van der Waals surface area contributed by atoms with Crippen LogP contribution in [0.5, 0.6) is 0 Å². The summed E-state index contributed by atoms with van der Waals surface area (Å²) in [5.74, 6) is -0.387. The second-order valence-electron chi connectivity index (χ2n) is 6.57. The molecule has 6 heteroatoms. The lowest BCUT2D eigenvalue weighted by atomic mass is 10.1. The van der Waals surface area contributed by atoms with Gasteiger partial charge in [0.1, 0.15) is 0 Å². The molecule has 0 radical (unpaired) electrons. The zero-order valence-electron chi connectivity index (χ0n) is 14.4. The van der Waals surface area contributed by atoms with Crippen molar-refractivity contribution in [2.45, 2.75) is 19.9 Å². The van der Waals surface area contributed by atoms with Crippen LogP contribution < -0.4 is 5.32 Å². The third-order valence-electron chi connectivity index (χ3n) is 4.56. The highest BCUT2D eigenvalue weighted by molar-refractivity contribution is 7.18. The molecule has 3 aromatic rings. The summed E-state index contributed by atoms with van der Waals surface area (Å²) in [4.78, 5) is 31.0. The van der Waals surface area contributed by atoms with Crippen molar-refractivity contribution in [2.24, 2.45) is 5.92 Å². The minimum absolute atomic E-state index is 0.0301. The minimum Gasteiger partial charge on any atom is -0.338 e. The number of fused-ring (bicyclic) bond motifs is 1. The standard InChI is InChI=1S/C20H19N3O2S/c1-13-21-17-8-7-16(10-18(17)26-13)22-20(25)15-9-19(24)23(12-15)11-14-5-3-2-4-6-14/h2-8,10,15H,9,11-12H2,1H3,(H,22,25)/t15-/m0/s1. The first-order valence-corrected chi connectivity index (χ1v) is 9.40. The molecule has 0 saturated carbocycles. The predicted octanol–water partition coefficient (Wildman–Crippen LogP) is 3.59. The van der Waals surface area contributed by atoms with Crippen LogP contribution in [-0.4, -0.2) is 28.2 Å². The highest BCUT2D eigenvalue weighted by Gasteiger charge is 2.34. The number of likely N-dealkylation sites (tertiary alicyclic amines) is 1. The van der Waals surface area contributed by atoms with Crippen molar-refractivity contribution in [2.75, 3.05) is 11.9 Å². The molecule has 1 aromatic heterocycles. The van der Waals surface area contributed by atoms with Crippen LogP contribution in [-0.2, 0) is 16.1 Å². The molecule has 132 valence electrons. The number of hydrogen-bond donors (Lipinski definition) is 1. The summed E-state index contributed by atoms with van der Waals surface area (Å²) < 4.78 is 1.05. The van der Waals surface area contributed by atoms with Gasteiger partial charge in [-0.15, -0.1) is 11.3 Å². The first kappa shape index (κ1) is 16.7. The molecule has 0 unspecified atom stereocenters. The molecule has 0 bridgehead atoms. The number of thiazole rings is 1. The fraction of sp³-hybridized carbons (Fsp3) is 0.250. The van der Waals surface area contributed by atoms with Gasteiger partial charge in [-0.05, 0) is 30.7 Å². The van der Waals surface area contributed by atoms with E-state index in [0.717, 1.165) is 26.5 Å². The lowest BCUT2D eigenvalue weighted by molar-refractivity contribution is -0.128. The van der Waals surface area contributed by atoms with E-state index in [4.69, 9.17) is 0 Å². The molecule has 1 aliphatic rings. The SMILES string of the molecule is Cc1nc2ccc(NC(=O)[C@H]3CC(=O)N(Cc4ccccc4)C3)cc2s1. The molecule has 4 rings (SSSR count). The monoisotopic (exact) mass is 365 g/mol. The summed E-state index contributed by atoms with van der Waals surface area (Å²) in [5.41, 5.74) is 2.77. The van der Waals surface area contributed by atoms with Gasteiger partial charge in [-0.2, -0.15) is 0 Å². The normalized spacial score (nSPS) is 17.0. The number of amides is 2. The van der Waals surface area contributed by atoms with Gasteiger partial charge in [-0.1, -0.05) is 30.3 Å². The molecule has 0 aliphatic carbocycles. The number of nitrogens with one attached hydrogen (secondary N) is 1. The fourth-order valence-corrected chi connectivity index (χ4v) is 4.13. The van der Waals surface area contributed by atoms with Crippen molar-refractivity contribution in [3.05, 3.63) is 59.1 Å². The number of anilines is 1. The molecule has 2 aromatic carbocycles. The Morgan fingerprint density at radius 3 is 2.88 bits per heavy atom. The largest absolute Gasteiger partial charge is 0.338 e. The number of carbonyl (C=O) groups is 2. The number of nitrogens with zero attached hydrogens (tertiary/aromatic N) is 2. The number of aryl methyl sites for hydroxylation is 1. The van der Waals surface area contributed by atoms with E-state index in [1.807, 2.05) is 55.5 Å². The Balaban J connectivity index is 1.42. The maximum atomic E-state index is 12.6. The van der Waals surface area contributed by atoms with Crippen molar-refractivity contribution in [3.63, 3.8) is 0 Å². The van der Waals surface area contributed by atoms with E-state index in [9.17, 15) is 9.59 Å². The van der Waals surface area contributed by atoms with Crippen LogP contribution in [0.2, 0.25) is 0 Å². The number of hydrogen-bond acceptors (Lipinski definition) is 4. The van der Waals surface area contributed by atoms with E-state index in [1.165, 1.54) is 0 Å². The van der Waals surface area contributed by atoms with Gasteiger partial charge in [0.2, 0.25) is 11.8 Å². The Kier molecular flexibility index (Phi) is 4.42. The molecule has 0 spiro atoms. The first-order valence-electron chi connectivity index (χ1n) is 8.58. The van der Waals surface area contributed by atoms with E-state index in [0.29, 0.717) is 13.1 Å². The average molecular weight is 365 g/mol. The second-order valence-corrected chi connectivity index (χ2v) is 7.80. The third kappa shape index (κ3) is 3.46. The zero-order valence-corrected chi connectivity index (χ0v) is 15.3. The first-order chi connectivity index (χ1) is 12.6. The molecular formula is C20H19N3O2S.